The Morgan fingerprint density at radius 2 is 1.91 bits per heavy atom. The minimum absolute atomic E-state index is 0.0359. The predicted molar refractivity (Wildman–Crippen MR) is 121 cm³/mol. The molecule has 8 heteroatoms. The molecule has 0 bridgehead atoms. The number of carbonyl (C=O) groups excluding carboxylic acids is 3. The first kappa shape index (κ1) is 23.5. The van der Waals surface area contributed by atoms with Crippen LogP contribution in [0.3, 0.4) is 0 Å². The van der Waals surface area contributed by atoms with E-state index in [1.807, 2.05) is 19.9 Å². The number of aryl methyl sites for hydroxylation is 3. The quantitative estimate of drug-likeness (QED) is 0.597. The molecule has 2 aromatic rings. The summed E-state index contributed by atoms with van der Waals surface area (Å²) in [5.41, 5.74) is 2.96. The van der Waals surface area contributed by atoms with Crippen molar-refractivity contribution in [3.8, 4) is 0 Å². The van der Waals surface area contributed by atoms with Gasteiger partial charge in [0.2, 0.25) is 5.91 Å². The molecule has 0 saturated heterocycles. The number of hydrogen-bond donors (Lipinski definition) is 3. The second-order valence-corrected chi connectivity index (χ2v) is 8.47. The molecule has 2 heterocycles. The Labute approximate surface area is 188 Å². The molecule has 8 nitrogen and oxygen atoms in total. The van der Waals surface area contributed by atoms with Gasteiger partial charge >= 0.3 is 11.8 Å². The number of rotatable bonds is 6. The number of nitrogens with one attached hydrogen (secondary N) is 2. The van der Waals surface area contributed by atoms with Crippen LogP contribution < -0.4 is 15.5 Å². The molecular formula is C24H31N3O5. The van der Waals surface area contributed by atoms with Gasteiger partial charge in [0, 0.05) is 35.9 Å². The van der Waals surface area contributed by atoms with Crippen LogP contribution in [0.15, 0.2) is 28.7 Å². The van der Waals surface area contributed by atoms with Gasteiger partial charge in [0.05, 0.1) is 6.10 Å². The first-order valence-corrected chi connectivity index (χ1v) is 11.0. The monoisotopic (exact) mass is 441 g/mol. The predicted octanol–water partition coefficient (Wildman–Crippen LogP) is 3.01. The molecule has 0 radical (unpaired) electrons. The molecule has 0 aliphatic carbocycles. The normalized spacial score (nSPS) is 14.1. The highest BCUT2D eigenvalue weighted by Gasteiger charge is 2.25. The highest BCUT2D eigenvalue weighted by molar-refractivity contribution is 6.39. The van der Waals surface area contributed by atoms with Gasteiger partial charge in [0.25, 0.3) is 0 Å². The van der Waals surface area contributed by atoms with Gasteiger partial charge in [-0.3, -0.25) is 14.4 Å². The SMILES string of the molecule is Cc1cc([C@H](O)CCNC(=O)C(=O)Nc2ccc3c(c2)N(C(=O)C(C)C)CCC3)c(C)o1. The number of furan rings is 1. The molecule has 1 aromatic heterocycles. The first-order chi connectivity index (χ1) is 15.2. The van der Waals surface area contributed by atoms with Gasteiger partial charge in [-0.2, -0.15) is 0 Å². The summed E-state index contributed by atoms with van der Waals surface area (Å²) in [6.07, 6.45) is 1.22. The van der Waals surface area contributed by atoms with Crippen LogP contribution in [0.25, 0.3) is 0 Å². The fourth-order valence-electron chi connectivity index (χ4n) is 3.92. The largest absolute Gasteiger partial charge is 0.466 e. The van der Waals surface area contributed by atoms with Crippen molar-refractivity contribution in [2.45, 2.75) is 53.1 Å². The number of aliphatic hydroxyl groups is 1. The van der Waals surface area contributed by atoms with Gasteiger partial charge in [0.1, 0.15) is 11.5 Å². The molecule has 32 heavy (non-hydrogen) atoms. The van der Waals surface area contributed by atoms with Crippen LogP contribution in [0, 0.1) is 19.8 Å². The molecule has 0 saturated carbocycles. The van der Waals surface area contributed by atoms with E-state index in [-0.39, 0.29) is 24.8 Å². The highest BCUT2D eigenvalue weighted by atomic mass is 16.3. The van der Waals surface area contributed by atoms with Gasteiger partial charge in [-0.25, -0.2) is 0 Å². The molecule has 0 unspecified atom stereocenters. The maximum atomic E-state index is 12.5. The van der Waals surface area contributed by atoms with Crippen molar-refractivity contribution in [3.63, 3.8) is 0 Å². The third-order valence-electron chi connectivity index (χ3n) is 5.57. The summed E-state index contributed by atoms with van der Waals surface area (Å²) in [6, 6.07) is 7.13. The topological polar surface area (TPSA) is 112 Å². The van der Waals surface area contributed by atoms with E-state index < -0.39 is 17.9 Å². The van der Waals surface area contributed by atoms with Crippen molar-refractivity contribution in [1.29, 1.82) is 0 Å². The Balaban J connectivity index is 1.57. The van der Waals surface area contributed by atoms with Crippen molar-refractivity contribution in [2.24, 2.45) is 5.92 Å². The maximum Gasteiger partial charge on any atom is 0.313 e. The fraction of sp³-hybridized carbons (Fsp3) is 0.458. The second-order valence-electron chi connectivity index (χ2n) is 8.47. The summed E-state index contributed by atoms with van der Waals surface area (Å²) in [5, 5.41) is 15.4. The molecule has 1 atom stereocenters. The van der Waals surface area contributed by atoms with Gasteiger partial charge in [-0.05, 0) is 56.9 Å². The molecule has 0 spiro atoms. The van der Waals surface area contributed by atoms with Gasteiger partial charge in [-0.1, -0.05) is 19.9 Å². The number of anilines is 2. The smallest absolute Gasteiger partial charge is 0.313 e. The van der Waals surface area contributed by atoms with Crippen LogP contribution in [-0.2, 0) is 20.8 Å². The Bertz CT molecular complexity index is 1010. The lowest BCUT2D eigenvalue weighted by atomic mass is 9.99. The van der Waals surface area contributed by atoms with E-state index >= 15 is 0 Å². The summed E-state index contributed by atoms with van der Waals surface area (Å²) in [7, 11) is 0. The Morgan fingerprint density at radius 1 is 1.16 bits per heavy atom. The number of benzene rings is 1. The summed E-state index contributed by atoms with van der Waals surface area (Å²) in [4.78, 5) is 38.8. The zero-order valence-corrected chi connectivity index (χ0v) is 19.0. The first-order valence-electron chi connectivity index (χ1n) is 11.0. The van der Waals surface area contributed by atoms with E-state index in [1.54, 1.807) is 36.9 Å². The Morgan fingerprint density at radius 3 is 2.56 bits per heavy atom. The van der Waals surface area contributed by atoms with Gasteiger partial charge in [0.15, 0.2) is 0 Å². The fourth-order valence-corrected chi connectivity index (χ4v) is 3.92. The molecule has 3 rings (SSSR count). The number of carbonyl (C=O) groups is 3. The van der Waals surface area contributed by atoms with Crippen LogP contribution in [0.4, 0.5) is 11.4 Å². The van der Waals surface area contributed by atoms with E-state index in [4.69, 9.17) is 4.42 Å². The van der Waals surface area contributed by atoms with Gasteiger partial charge in [-0.15, -0.1) is 0 Å². The molecule has 1 aliphatic rings. The summed E-state index contributed by atoms with van der Waals surface area (Å²) in [5.74, 6) is -0.337. The van der Waals surface area contributed by atoms with E-state index in [1.165, 1.54) is 0 Å². The number of hydrogen-bond acceptors (Lipinski definition) is 5. The van der Waals surface area contributed by atoms with Crippen molar-refractivity contribution >= 4 is 29.1 Å². The molecular weight excluding hydrogens is 410 g/mol. The van der Waals surface area contributed by atoms with E-state index in [0.717, 1.165) is 24.1 Å². The third-order valence-corrected chi connectivity index (χ3v) is 5.57. The molecule has 0 fully saturated rings. The van der Waals surface area contributed by atoms with E-state index in [9.17, 15) is 19.5 Å². The van der Waals surface area contributed by atoms with Crippen LogP contribution >= 0.6 is 0 Å². The molecule has 3 amide bonds. The zero-order chi connectivity index (χ0) is 23.4. The number of nitrogens with zero attached hydrogens (tertiary/aromatic N) is 1. The lowest BCUT2D eigenvalue weighted by Gasteiger charge is -2.31. The van der Waals surface area contributed by atoms with E-state index in [0.29, 0.717) is 29.3 Å². The lowest BCUT2D eigenvalue weighted by Crippen LogP contribution is -2.38. The number of fused-ring (bicyclic) bond motifs is 1. The Kier molecular flexibility index (Phi) is 7.35. The second kappa shape index (κ2) is 9.99. The van der Waals surface area contributed by atoms with Crippen molar-refractivity contribution in [3.05, 3.63) is 46.9 Å². The van der Waals surface area contributed by atoms with Crippen molar-refractivity contribution < 1.29 is 23.9 Å². The average Bonchev–Trinajstić information content (AvgIpc) is 3.10. The molecule has 172 valence electrons. The van der Waals surface area contributed by atoms with Crippen molar-refractivity contribution in [2.75, 3.05) is 23.3 Å². The van der Waals surface area contributed by atoms with Crippen LogP contribution in [0.2, 0.25) is 0 Å². The van der Waals surface area contributed by atoms with Crippen LogP contribution in [-0.4, -0.2) is 35.9 Å². The number of amides is 3. The number of aliphatic hydroxyl groups excluding tert-OH is 1. The average molecular weight is 442 g/mol. The van der Waals surface area contributed by atoms with Crippen LogP contribution in [0.5, 0.6) is 0 Å². The highest BCUT2D eigenvalue weighted by Crippen LogP contribution is 2.31. The zero-order valence-electron chi connectivity index (χ0n) is 19.0. The third kappa shape index (κ3) is 5.37. The van der Waals surface area contributed by atoms with E-state index in [2.05, 4.69) is 10.6 Å². The molecule has 1 aromatic carbocycles. The van der Waals surface area contributed by atoms with Crippen LogP contribution in [0.1, 0.15) is 55.4 Å². The Hall–Kier alpha value is -3.13. The maximum absolute atomic E-state index is 12.5. The standard InChI is InChI=1S/C24H31N3O5/c1-14(2)24(31)27-11-5-6-17-7-8-18(13-20(17)27)26-23(30)22(29)25-10-9-21(28)19-12-15(3)32-16(19)4/h7-8,12-14,21,28H,5-6,9-11H2,1-4H3,(H,25,29)(H,26,30)/t21-/m1/s1. The molecule has 3 N–H and O–H groups in total. The minimum Gasteiger partial charge on any atom is -0.466 e. The molecule has 1 aliphatic heterocycles. The summed E-state index contributed by atoms with van der Waals surface area (Å²) < 4.78 is 5.41. The minimum atomic E-state index is -0.799. The lowest BCUT2D eigenvalue weighted by molar-refractivity contribution is -0.136. The summed E-state index contributed by atoms with van der Waals surface area (Å²) >= 11 is 0. The summed E-state index contributed by atoms with van der Waals surface area (Å²) in [6.45, 7) is 8.06. The van der Waals surface area contributed by atoms with Crippen molar-refractivity contribution in [1.82, 2.24) is 5.32 Å². The van der Waals surface area contributed by atoms with Gasteiger partial charge < -0.3 is 25.1 Å².